The molecule has 0 aromatic heterocycles. The van der Waals surface area contributed by atoms with Crippen molar-refractivity contribution in [3.05, 3.63) is 94.0 Å². The van der Waals surface area contributed by atoms with Crippen LogP contribution in [0.1, 0.15) is 21.5 Å². The number of carbonyl (C=O) groups excluding carboxylic acids is 1. The zero-order valence-corrected chi connectivity index (χ0v) is 21.3. The average Bonchev–Trinajstić information content (AvgIpc) is 2.78. The number of ketones is 1. The van der Waals surface area contributed by atoms with Crippen molar-refractivity contribution in [2.24, 2.45) is 0 Å². The Morgan fingerprint density at radius 3 is 2.39 bits per heavy atom. The van der Waals surface area contributed by atoms with Crippen LogP contribution in [0.4, 0.5) is 0 Å². The fraction of sp³-hybridized carbons (Fsp3) is 0.250. The van der Waals surface area contributed by atoms with Gasteiger partial charge in [0.25, 0.3) is 0 Å². The van der Waals surface area contributed by atoms with Crippen LogP contribution in [0.15, 0.2) is 77.3 Å². The number of benzene rings is 3. The lowest BCUT2D eigenvalue weighted by Gasteiger charge is -2.15. The number of nitrogens with zero attached hydrogens (tertiary/aromatic N) is 2. The molecule has 3 aromatic rings. The molecule has 0 amide bonds. The Balaban J connectivity index is 1.94. The summed E-state index contributed by atoms with van der Waals surface area (Å²) in [7, 11) is 8.07. The molecule has 3 rings (SSSR count). The summed E-state index contributed by atoms with van der Waals surface area (Å²) < 4.78 is 6.99. The van der Waals surface area contributed by atoms with E-state index in [4.69, 9.17) is 4.74 Å². The minimum absolute atomic E-state index is 0.0802. The van der Waals surface area contributed by atoms with E-state index >= 15 is 0 Å². The highest BCUT2D eigenvalue weighted by Crippen LogP contribution is 2.32. The van der Waals surface area contributed by atoms with E-state index in [1.165, 1.54) is 5.56 Å². The molecule has 0 N–H and O–H groups in total. The van der Waals surface area contributed by atoms with Crippen molar-refractivity contribution in [2.75, 3.05) is 41.3 Å². The standard InChI is InChI=1S/C28H31BrN2O2/c1-30(2)17-18-33-28-16-14-22(24-11-7-8-12-26(24)29)19-25(28)27(32)15-13-21-9-5-6-10-23(21)20-31(3)4/h5-16,19H,17-18,20H2,1-4H3/b15-13+. The Labute approximate surface area is 205 Å². The molecule has 0 saturated carbocycles. The van der Waals surface area contributed by atoms with Crippen molar-refractivity contribution in [1.82, 2.24) is 9.80 Å². The number of allylic oxidation sites excluding steroid dienone is 1. The minimum Gasteiger partial charge on any atom is -0.491 e. The van der Waals surface area contributed by atoms with Crippen LogP contribution >= 0.6 is 15.9 Å². The summed E-state index contributed by atoms with van der Waals surface area (Å²) in [4.78, 5) is 17.5. The predicted molar refractivity (Wildman–Crippen MR) is 141 cm³/mol. The summed E-state index contributed by atoms with van der Waals surface area (Å²) in [5.41, 5.74) is 4.77. The van der Waals surface area contributed by atoms with Crippen LogP contribution in [0, 0.1) is 0 Å². The molecule has 0 aliphatic heterocycles. The largest absolute Gasteiger partial charge is 0.491 e. The van der Waals surface area contributed by atoms with E-state index in [0.29, 0.717) is 17.9 Å². The second kappa shape index (κ2) is 11.9. The molecule has 0 saturated heterocycles. The average molecular weight is 507 g/mol. The number of likely N-dealkylation sites (N-methyl/N-ethyl adjacent to an activating group) is 1. The molecule has 0 fully saturated rings. The number of carbonyl (C=O) groups is 1. The van der Waals surface area contributed by atoms with Crippen LogP contribution in [-0.2, 0) is 6.54 Å². The number of hydrogen-bond donors (Lipinski definition) is 0. The van der Waals surface area contributed by atoms with Crippen LogP contribution < -0.4 is 4.74 Å². The lowest BCUT2D eigenvalue weighted by atomic mass is 9.99. The van der Waals surface area contributed by atoms with Crippen LogP contribution in [0.5, 0.6) is 5.75 Å². The topological polar surface area (TPSA) is 32.8 Å². The number of rotatable bonds is 10. The molecule has 0 bridgehead atoms. The van der Waals surface area contributed by atoms with E-state index in [9.17, 15) is 4.79 Å². The molecule has 0 spiro atoms. The van der Waals surface area contributed by atoms with Crippen molar-refractivity contribution >= 4 is 27.8 Å². The fourth-order valence-corrected chi connectivity index (χ4v) is 4.00. The van der Waals surface area contributed by atoms with Crippen molar-refractivity contribution in [1.29, 1.82) is 0 Å². The third kappa shape index (κ3) is 7.13. The van der Waals surface area contributed by atoms with E-state index in [-0.39, 0.29) is 5.78 Å². The summed E-state index contributed by atoms with van der Waals surface area (Å²) >= 11 is 3.62. The predicted octanol–water partition coefficient (Wildman–Crippen LogP) is 6.01. The first-order chi connectivity index (χ1) is 15.8. The van der Waals surface area contributed by atoms with E-state index < -0.39 is 0 Å². The molecule has 5 heteroatoms. The quantitative estimate of drug-likeness (QED) is 0.249. The third-order valence-corrected chi connectivity index (χ3v) is 5.87. The van der Waals surface area contributed by atoms with Gasteiger partial charge in [-0.15, -0.1) is 0 Å². The maximum Gasteiger partial charge on any atom is 0.189 e. The number of ether oxygens (including phenoxy) is 1. The first kappa shape index (κ1) is 24.9. The Kier molecular flexibility index (Phi) is 9.01. The smallest absolute Gasteiger partial charge is 0.189 e. The Morgan fingerprint density at radius 1 is 0.939 bits per heavy atom. The summed E-state index contributed by atoms with van der Waals surface area (Å²) in [6.45, 7) is 2.09. The normalized spacial score (nSPS) is 11.5. The van der Waals surface area contributed by atoms with Gasteiger partial charge >= 0.3 is 0 Å². The second-order valence-electron chi connectivity index (χ2n) is 8.48. The van der Waals surface area contributed by atoms with Gasteiger partial charge in [0.05, 0.1) is 5.56 Å². The number of hydrogen-bond acceptors (Lipinski definition) is 4. The highest BCUT2D eigenvalue weighted by atomic mass is 79.9. The molecule has 4 nitrogen and oxygen atoms in total. The Bertz CT molecular complexity index is 1120. The second-order valence-corrected chi connectivity index (χ2v) is 9.33. The molecule has 0 unspecified atom stereocenters. The van der Waals surface area contributed by atoms with Crippen LogP contribution in [0.2, 0.25) is 0 Å². The lowest BCUT2D eigenvalue weighted by molar-refractivity contribution is 0.104. The van der Waals surface area contributed by atoms with Gasteiger partial charge in [-0.1, -0.05) is 70.5 Å². The maximum atomic E-state index is 13.3. The van der Waals surface area contributed by atoms with Crippen molar-refractivity contribution in [2.45, 2.75) is 6.54 Å². The highest BCUT2D eigenvalue weighted by Gasteiger charge is 2.14. The van der Waals surface area contributed by atoms with Crippen LogP contribution in [-0.4, -0.2) is 56.9 Å². The fourth-order valence-electron chi connectivity index (χ4n) is 3.49. The molecule has 0 aliphatic rings. The Hall–Kier alpha value is -2.73. The molecule has 0 atom stereocenters. The highest BCUT2D eigenvalue weighted by molar-refractivity contribution is 9.10. The SMILES string of the molecule is CN(C)CCOc1ccc(-c2ccccc2Br)cc1C(=O)/C=C/c1ccccc1CN(C)C. The Morgan fingerprint density at radius 2 is 1.67 bits per heavy atom. The maximum absolute atomic E-state index is 13.3. The molecular weight excluding hydrogens is 476 g/mol. The van der Waals surface area contributed by atoms with Crippen LogP contribution in [0.25, 0.3) is 17.2 Å². The van der Waals surface area contributed by atoms with Gasteiger partial charge in [0.15, 0.2) is 5.78 Å². The third-order valence-electron chi connectivity index (χ3n) is 5.18. The molecule has 33 heavy (non-hydrogen) atoms. The van der Waals surface area contributed by atoms with E-state index in [0.717, 1.165) is 34.3 Å². The van der Waals surface area contributed by atoms with Gasteiger partial charge < -0.3 is 14.5 Å². The molecule has 172 valence electrons. The van der Waals surface area contributed by atoms with Crippen LogP contribution in [0.3, 0.4) is 0 Å². The molecule has 3 aromatic carbocycles. The first-order valence-electron chi connectivity index (χ1n) is 11.0. The summed E-state index contributed by atoms with van der Waals surface area (Å²) in [5, 5.41) is 0. The van der Waals surface area contributed by atoms with Gasteiger partial charge in [0.1, 0.15) is 12.4 Å². The number of halogens is 1. The van der Waals surface area contributed by atoms with Gasteiger partial charge in [-0.25, -0.2) is 0 Å². The molecule has 0 heterocycles. The summed E-state index contributed by atoms with van der Waals surface area (Å²) in [6, 6.07) is 22.0. The van der Waals surface area contributed by atoms with Gasteiger partial charge in [-0.3, -0.25) is 4.79 Å². The van der Waals surface area contributed by atoms with Gasteiger partial charge in [-0.2, -0.15) is 0 Å². The lowest BCUT2D eigenvalue weighted by Crippen LogP contribution is -2.20. The minimum atomic E-state index is -0.0802. The van der Waals surface area contributed by atoms with Gasteiger partial charge in [-0.05, 0) is 74.7 Å². The van der Waals surface area contributed by atoms with Crippen molar-refractivity contribution < 1.29 is 9.53 Å². The zero-order valence-electron chi connectivity index (χ0n) is 19.7. The van der Waals surface area contributed by atoms with Gasteiger partial charge in [0.2, 0.25) is 0 Å². The van der Waals surface area contributed by atoms with E-state index in [1.54, 1.807) is 6.08 Å². The summed E-state index contributed by atoms with van der Waals surface area (Å²) in [5.74, 6) is 0.521. The monoisotopic (exact) mass is 506 g/mol. The van der Waals surface area contributed by atoms with E-state index in [1.807, 2.05) is 94.9 Å². The first-order valence-corrected chi connectivity index (χ1v) is 11.8. The van der Waals surface area contributed by atoms with E-state index in [2.05, 4.69) is 31.8 Å². The van der Waals surface area contributed by atoms with Gasteiger partial charge in [0, 0.05) is 17.6 Å². The molecule has 0 aliphatic carbocycles. The van der Waals surface area contributed by atoms with Crippen molar-refractivity contribution in [3.63, 3.8) is 0 Å². The molecule has 0 radical (unpaired) electrons. The zero-order chi connectivity index (χ0) is 23.8. The summed E-state index contributed by atoms with van der Waals surface area (Å²) in [6.07, 6.45) is 3.54. The van der Waals surface area contributed by atoms with Crippen molar-refractivity contribution in [3.8, 4) is 16.9 Å². The molecular formula is C28H31BrN2O2.